The van der Waals surface area contributed by atoms with Crippen LogP contribution in [0.1, 0.15) is 32.3 Å². The van der Waals surface area contributed by atoms with E-state index < -0.39 is 0 Å². The predicted octanol–water partition coefficient (Wildman–Crippen LogP) is 2.81. The molecule has 138 valence electrons. The van der Waals surface area contributed by atoms with Gasteiger partial charge in [-0.05, 0) is 32.3 Å². The molecule has 1 aromatic carbocycles. The number of benzene rings is 1. The minimum absolute atomic E-state index is 0.188. The average Bonchev–Trinajstić information content (AvgIpc) is 2.62. The van der Waals surface area contributed by atoms with Crippen molar-refractivity contribution in [2.45, 2.75) is 45.3 Å². The molecule has 2 fully saturated rings. The average molecular weight is 345 g/mol. The molecular weight excluding hydrogens is 314 g/mol. The summed E-state index contributed by atoms with van der Waals surface area (Å²) in [4.78, 5) is 19.0. The van der Waals surface area contributed by atoms with Gasteiger partial charge in [-0.15, -0.1) is 0 Å². The zero-order valence-corrected chi connectivity index (χ0v) is 15.6. The standard InChI is InChI=1S/C20H31N3O2/c1-3-21(4-2)20(24)22-15-19(16-22)23(18-10-12-25-13-11-18)14-17-8-6-5-7-9-17/h5-9,18-19H,3-4,10-16H2,1-2H3. The van der Waals surface area contributed by atoms with Gasteiger partial charge >= 0.3 is 6.03 Å². The third kappa shape index (κ3) is 4.33. The van der Waals surface area contributed by atoms with E-state index in [1.165, 1.54) is 5.56 Å². The van der Waals surface area contributed by atoms with Gasteiger partial charge in [-0.3, -0.25) is 4.90 Å². The zero-order valence-electron chi connectivity index (χ0n) is 15.6. The minimum atomic E-state index is 0.188. The van der Waals surface area contributed by atoms with E-state index in [-0.39, 0.29) is 6.03 Å². The lowest BCUT2D eigenvalue weighted by Crippen LogP contribution is -2.65. The smallest absolute Gasteiger partial charge is 0.320 e. The Morgan fingerprint density at radius 2 is 1.72 bits per heavy atom. The van der Waals surface area contributed by atoms with Crippen LogP contribution in [-0.4, -0.2) is 72.2 Å². The number of rotatable bonds is 6. The first-order valence-corrected chi connectivity index (χ1v) is 9.64. The van der Waals surface area contributed by atoms with Crippen LogP contribution < -0.4 is 0 Å². The first-order chi connectivity index (χ1) is 12.2. The van der Waals surface area contributed by atoms with Gasteiger partial charge in [0.25, 0.3) is 0 Å². The van der Waals surface area contributed by atoms with Crippen LogP contribution in [0.2, 0.25) is 0 Å². The molecule has 2 heterocycles. The van der Waals surface area contributed by atoms with Crippen LogP contribution in [-0.2, 0) is 11.3 Å². The van der Waals surface area contributed by atoms with Crippen molar-refractivity contribution < 1.29 is 9.53 Å². The highest BCUT2D eigenvalue weighted by atomic mass is 16.5. The molecule has 0 N–H and O–H groups in total. The molecule has 0 spiro atoms. The van der Waals surface area contributed by atoms with E-state index in [2.05, 4.69) is 35.2 Å². The number of nitrogens with zero attached hydrogens (tertiary/aromatic N) is 3. The summed E-state index contributed by atoms with van der Waals surface area (Å²) in [7, 11) is 0. The first-order valence-electron chi connectivity index (χ1n) is 9.64. The number of carbonyl (C=O) groups is 1. The number of amides is 2. The van der Waals surface area contributed by atoms with Gasteiger partial charge < -0.3 is 14.5 Å². The highest BCUT2D eigenvalue weighted by Crippen LogP contribution is 2.26. The molecule has 2 aliphatic heterocycles. The van der Waals surface area contributed by atoms with Gasteiger partial charge in [0.05, 0.1) is 0 Å². The maximum Gasteiger partial charge on any atom is 0.320 e. The molecule has 1 aromatic rings. The molecule has 0 saturated carbocycles. The zero-order chi connectivity index (χ0) is 17.6. The Kier molecular flexibility index (Phi) is 6.32. The van der Waals surface area contributed by atoms with E-state index in [9.17, 15) is 4.79 Å². The molecule has 2 amide bonds. The fraction of sp³-hybridized carbons (Fsp3) is 0.650. The van der Waals surface area contributed by atoms with Crippen LogP contribution >= 0.6 is 0 Å². The maximum absolute atomic E-state index is 12.5. The number of hydrogen-bond donors (Lipinski definition) is 0. The third-order valence-corrected chi connectivity index (χ3v) is 5.50. The second-order valence-electron chi connectivity index (χ2n) is 7.02. The first kappa shape index (κ1) is 18.2. The van der Waals surface area contributed by atoms with Gasteiger partial charge in [0.15, 0.2) is 0 Å². The van der Waals surface area contributed by atoms with E-state index in [4.69, 9.17) is 4.74 Å². The molecule has 0 bridgehead atoms. The highest BCUT2D eigenvalue weighted by Gasteiger charge is 2.39. The van der Waals surface area contributed by atoms with Crippen molar-refractivity contribution >= 4 is 6.03 Å². The fourth-order valence-electron chi connectivity index (χ4n) is 3.88. The summed E-state index contributed by atoms with van der Waals surface area (Å²) in [6.45, 7) is 10.0. The minimum Gasteiger partial charge on any atom is -0.381 e. The van der Waals surface area contributed by atoms with Gasteiger partial charge in [-0.2, -0.15) is 0 Å². The topological polar surface area (TPSA) is 36.0 Å². The van der Waals surface area contributed by atoms with Crippen molar-refractivity contribution in [2.75, 3.05) is 39.4 Å². The van der Waals surface area contributed by atoms with Gasteiger partial charge in [-0.1, -0.05) is 30.3 Å². The summed E-state index contributed by atoms with van der Waals surface area (Å²) in [5.41, 5.74) is 1.35. The van der Waals surface area contributed by atoms with Gasteiger partial charge in [0.2, 0.25) is 0 Å². The van der Waals surface area contributed by atoms with E-state index in [0.717, 1.165) is 58.8 Å². The monoisotopic (exact) mass is 345 g/mol. The molecule has 0 aliphatic carbocycles. The van der Waals surface area contributed by atoms with Crippen LogP contribution in [0.25, 0.3) is 0 Å². The molecule has 5 heteroatoms. The summed E-state index contributed by atoms with van der Waals surface area (Å²) in [6, 6.07) is 11.9. The van der Waals surface area contributed by atoms with Crippen LogP contribution in [0.3, 0.4) is 0 Å². The number of hydrogen-bond acceptors (Lipinski definition) is 3. The summed E-state index contributed by atoms with van der Waals surface area (Å²) >= 11 is 0. The molecule has 0 aromatic heterocycles. The summed E-state index contributed by atoms with van der Waals surface area (Å²) < 4.78 is 5.55. The molecule has 0 radical (unpaired) electrons. The van der Waals surface area contributed by atoms with Crippen molar-refractivity contribution in [1.29, 1.82) is 0 Å². The fourth-order valence-corrected chi connectivity index (χ4v) is 3.88. The number of carbonyl (C=O) groups excluding carboxylic acids is 1. The number of urea groups is 1. The molecule has 2 saturated heterocycles. The summed E-state index contributed by atoms with van der Waals surface area (Å²) in [5.74, 6) is 0. The Bertz CT molecular complexity index is 535. The van der Waals surface area contributed by atoms with Gasteiger partial charge in [0, 0.05) is 58.0 Å². The van der Waals surface area contributed by atoms with Gasteiger partial charge in [0.1, 0.15) is 0 Å². The van der Waals surface area contributed by atoms with Gasteiger partial charge in [-0.25, -0.2) is 4.79 Å². The normalized spacial score (nSPS) is 19.1. The van der Waals surface area contributed by atoms with Crippen LogP contribution in [0.15, 0.2) is 30.3 Å². The lowest BCUT2D eigenvalue weighted by molar-refractivity contribution is -0.0272. The molecular formula is C20H31N3O2. The van der Waals surface area contributed by atoms with Crippen LogP contribution in [0.4, 0.5) is 4.79 Å². The van der Waals surface area contributed by atoms with E-state index in [1.807, 2.05) is 23.6 Å². The Morgan fingerprint density at radius 1 is 1.08 bits per heavy atom. The Morgan fingerprint density at radius 3 is 2.32 bits per heavy atom. The Labute approximate surface area is 151 Å². The molecule has 25 heavy (non-hydrogen) atoms. The van der Waals surface area contributed by atoms with Crippen LogP contribution in [0, 0.1) is 0 Å². The van der Waals surface area contributed by atoms with Crippen molar-refractivity contribution in [1.82, 2.24) is 14.7 Å². The number of ether oxygens (including phenoxy) is 1. The predicted molar refractivity (Wildman–Crippen MR) is 99.5 cm³/mol. The summed E-state index contributed by atoms with van der Waals surface area (Å²) in [6.07, 6.45) is 2.18. The van der Waals surface area contributed by atoms with Crippen molar-refractivity contribution in [3.05, 3.63) is 35.9 Å². The number of likely N-dealkylation sites (tertiary alicyclic amines) is 1. The Hall–Kier alpha value is -1.59. The van der Waals surface area contributed by atoms with E-state index in [1.54, 1.807) is 0 Å². The SMILES string of the molecule is CCN(CC)C(=O)N1CC(N(Cc2ccccc2)C2CCOCC2)C1. The second-order valence-corrected chi connectivity index (χ2v) is 7.02. The largest absolute Gasteiger partial charge is 0.381 e. The highest BCUT2D eigenvalue weighted by molar-refractivity contribution is 5.75. The van der Waals surface area contributed by atoms with Crippen LogP contribution in [0.5, 0.6) is 0 Å². The molecule has 5 nitrogen and oxygen atoms in total. The molecule has 2 aliphatic rings. The lowest BCUT2D eigenvalue weighted by atomic mass is 9.99. The second kappa shape index (κ2) is 8.68. The quantitative estimate of drug-likeness (QED) is 0.795. The van der Waals surface area contributed by atoms with Crippen molar-refractivity contribution in [2.24, 2.45) is 0 Å². The third-order valence-electron chi connectivity index (χ3n) is 5.50. The lowest BCUT2D eigenvalue weighted by Gasteiger charge is -2.49. The molecule has 3 rings (SSSR count). The van der Waals surface area contributed by atoms with E-state index in [0.29, 0.717) is 12.1 Å². The van der Waals surface area contributed by atoms with Crippen molar-refractivity contribution in [3.8, 4) is 0 Å². The maximum atomic E-state index is 12.5. The Balaban J connectivity index is 1.63. The summed E-state index contributed by atoms with van der Waals surface area (Å²) in [5, 5.41) is 0. The molecule has 0 atom stereocenters. The van der Waals surface area contributed by atoms with Crippen molar-refractivity contribution in [3.63, 3.8) is 0 Å². The molecule has 0 unspecified atom stereocenters. The van der Waals surface area contributed by atoms with E-state index >= 15 is 0 Å².